The van der Waals surface area contributed by atoms with Crippen LogP contribution in [0.2, 0.25) is 0 Å². The number of halogens is 3. The Hall–Kier alpha value is -1.55. The van der Waals surface area contributed by atoms with Gasteiger partial charge >= 0.3 is 6.18 Å². The second kappa shape index (κ2) is 4.75. The minimum Gasteiger partial charge on any atom is -0.251 e. The van der Waals surface area contributed by atoms with Gasteiger partial charge in [-0.3, -0.25) is 4.98 Å². The van der Waals surface area contributed by atoms with Crippen LogP contribution in [-0.4, -0.2) is 17.1 Å². The van der Waals surface area contributed by atoms with Gasteiger partial charge in [0.25, 0.3) is 0 Å². The molecule has 0 aliphatic heterocycles. The van der Waals surface area contributed by atoms with Gasteiger partial charge in [-0.1, -0.05) is 11.9 Å². The molecule has 7 heteroatoms. The molecule has 1 atom stereocenters. The van der Waals surface area contributed by atoms with Crippen LogP contribution in [0.1, 0.15) is 11.3 Å². The highest BCUT2D eigenvalue weighted by Gasteiger charge is 2.31. The van der Waals surface area contributed by atoms with E-state index in [2.05, 4.69) is 15.2 Å². The van der Waals surface area contributed by atoms with E-state index in [0.717, 1.165) is 12.3 Å². The van der Waals surface area contributed by atoms with Crippen LogP contribution in [0, 0.1) is 11.5 Å². The molecule has 0 fully saturated rings. The minimum atomic E-state index is -4.43. The van der Waals surface area contributed by atoms with Crippen molar-refractivity contribution in [1.29, 1.82) is 5.26 Å². The maximum Gasteiger partial charge on any atom is 0.433 e. The first-order valence-corrected chi connectivity index (χ1v) is 6.80. The molecule has 0 radical (unpaired) electrons. The number of nitrogens with zero attached hydrogens (tertiary/aromatic N) is 3. The van der Waals surface area contributed by atoms with Crippen LogP contribution in [0.25, 0.3) is 0 Å². The predicted octanol–water partition coefficient (Wildman–Crippen LogP) is 2.48. The minimum absolute atomic E-state index is 0.339. The van der Waals surface area contributed by atoms with Crippen molar-refractivity contribution in [2.24, 2.45) is 4.36 Å². The highest BCUT2D eigenvalue weighted by Crippen LogP contribution is 2.27. The summed E-state index contributed by atoms with van der Waals surface area (Å²) in [6, 6.07) is 2.25. The Balaban J connectivity index is 2.95. The van der Waals surface area contributed by atoms with Gasteiger partial charge in [-0.25, -0.2) is 0 Å². The number of nitriles is 1. The van der Waals surface area contributed by atoms with Gasteiger partial charge in [0.2, 0.25) is 6.19 Å². The molecule has 1 aromatic heterocycles. The van der Waals surface area contributed by atoms with Gasteiger partial charge in [0, 0.05) is 11.9 Å². The van der Waals surface area contributed by atoms with Gasteiger partial charge in [0.1, 0.15) is 5.69 Å². The lowest BCUT2D eigenvalue weighted by Gasteiger charge is -2.08. The summed E-state index contributed by atoms with van der Waals surface area (Å²) in [6.07, 6.45) is 0.0759. The lowest BCUT2D eigenvalue weighted by Crippen LogP contribution is -2.08. The van der Waals surface area contributed by atoms with E-state index in [9.17, 15) is 13.2 Å². The summed E-state index contributed by atoms with van der Waals surface area (Å²) in [5.41, 5.74) is -0.344. The molecule has 0 aromatic carbocycles. The van der Waals surface area contributed by atoms with E-state index >= 15 is 0 Å². The molecule has 0 amide bonds. The number of rotatable bonds is 2. The van der Waals surface area contributed by atoms with E-state index in [1.165, 1.54) is 6.07 Å². The smallest absolute Gasteiger partial charge is 0.251 e. The van der Waals surface area contributed by atoms with Crippen LogP contribution in [0.5, 0.6) is 0 Å². The Kier molecular flexibility index (Phi) is 3.78. The fourth-order valence-corrected chi connectivity index (χ4v) is 2.32. The number of hydrogen-bond donors (Lipinski definition) is 0. The van der Waals surface area contributed by atoms with Crippen LogP contribution < -0.4 is 0 Å². The molecular formula is C10H10F3N3S. The molecular weight excluding hydrogens is 251 g/mol. The summed E-state index contributed by atoms with van der Waals surface area (Å²) in [5.74, 6) is 4.11. The van der Waals surface area contributed by atoms with E-state index < -0.39 is 21.3 Å². The van der Waals surface area contributed by atoms with Crippen LogP contribution >= 0.6 is 0 Å². The molecule has 0 spiro atoms. The molecule has 92 valence electrons. The molecule has 0 aliphatic carbocycles. The van der Waals surface area contributed by atoms with Gasteiger partial charge in [-0.15, -0.1) is 9.41 Å². The molecule has 0 saturated carbocycles. The summed E-state index contributed by atoms with van der Waals surface area (Å²) in [7, 11) is -1.74. The first-order valence-electron chi connectivity index (χ1n) is 4.47. The number of alkyl halides is 3. The van der Waals surface area contributed by atoms with Crippen molar-refractivity contribution >= 4 is 15.3 Å². The molecule has 1 unspecified atom stereocenters. The third-order valence-corrected chi connectivity index (χ3v) is 3.33. The molecule has 1 rings (SSSR count). The van der Waals surface area contributed by atoms with Crippen LogP contribution in [-0.2, 0) is 21.3 Å². The van der Waals surface area contributed by atoms with Crippen LogP contribution in [0.4, 0.5) is 13.2 Å². The SMILES string of the molecule is C=S(C)(Cc1ccc(C(F)(F)F)nc1)=NC#N. The van der Waals surface area contributed by atoms with Crippen molar-refractivity contribution in [3.8, 4) is 6.19 Å². The van der Waals surface area contributed by atoms with Crippen molar-refractivity contribution in [3.63, 3.8) is 0 Å². The van der Waals surface area contributed by atoms with Crippen molar-refractivity contribution in [1.82, 2.24) is 4.98 Å². The van der Waals surface area contributed by atoms with E-state index in [-0.39, 0.29) is 0 Å². The zero-order valence-corrected chi connectivity index (χ0v) is 9.85. The summed E-state index contributed by atoms with van der Waals surface area (Å²) in [5, 5.41) is 8.43. The monoisotopic (exact) mass is 261 g/mol. The zero-order valence-electron chi connectivity index (χ0n) is 9.03. The molecule has 1 heterocycles. The largest absolute Gasteiger partial charge is 0.433 e. The molecule has 0 bridgehead atoms. The number of pyridine rings is 1. The summed E-state index contributed by atoms with van der Waals surface area (Å²) >= 11 is 0. The summed E-state index contributed by atoms with van der Waals surface area (Å²) in [6.45, 7) is 0. The Bertz CT molecular complexity index is 546. The average Bonchev–Trinajstić information content (AvgIpc) is 2.16. The summed E-state index contributed by atoms with van der Waals surface area (Å²) < 4.78 is 40.4. The van der Waals surface area contributed by atoms with Crippen molar-refractivity contribution in [3.05, 3.63) is 29.6 Å². The van der Waals surface area contributed by atoms with E-state index in [1.807, 2.05) is 0 Å². The Morgan fingerprint density at radius 1 is 1.53 bits per heavy atom. The quantitative estimate of drug-likeness (QED) is 0.606. The van der Waals surface area contributed by atoms with Gasteiger partial charge < -0.3 is 0 Å². The third-order valence-electron chi connectivity index (χ3n) is 1.85. The molecule has 0 N–H and O–H groups in total. The van der Waals surface area contributed by atoms with E-state index in [1.54, 1.807) is 12.4 Å². The maximum absolute atomic E-state index is 12.2. The van der Waals surface area contributed by atoms with Crippen molar-refractivity contribution in [2.75, 3.05) is 6.26 Å². The average molecular weight is 261 g/mol. The fraction of sp³-hybridized carbons (Fsp3) is 0.300. The standard InChI is InChI=1S/C10H10F3N3S/c1-17(2,16-7-14)6-8-3-4-9(15-5-8)10(11,12)13/h3-5H,1,6H2,2H3. The maximum atomic E-state index is 12.2. The number of hydrogen-bond acceptors (Lipinski definition) is 3. The molecule has 0 saturated heterocycles. The highest BCUT2D eigenvalue weighted by molar-refractivity contribution is 8.01. The molecule has 3 nitrogen and oxygen atoms in total. The second-order valence-electron chi connectivity index (χ2n) is 3.61. The Morgan fingerprint density at radius 2 is 2.18 bits per heavy atom. The fourth-order valence-electron chi connectivity index (χ4n) is 1.17. The summed E-state index contributed by atoms with van der Waals surface area (Å²) in [4.78, 5) is 3.33. The van der Waals surface area contributed by atoms with Gasteiger partial charge in [-0.05, 0) is 17.9 Å². The van der Waals surface area contributed by atoms with Crippen molar-refractivity contribution < 1.29 is 13.2 Å². The molecule has 17 heavy (non-hydrogen) atoms. The van der Waals surface area contributed by atoms with Gasteiger partial charge in [-0.2, -0.15) is 22.8 Å². The first-order chi connectivity index (χ1) is 7.74. The van der Waals surface area contributed by atoms with E-state index in [4.69, 9.17) is 5.26 Å². The third kappa shape index (κ3) is 4.07. The molecule has 0 aliphatic rings. The lowest BCUT2D eigenvalue weighted by molar-refractivity contribution is -0.141. The van der Waals surface area contributed by atoms with E-state index in [0.29, 0.717) is 11.3 Å². The topological polar surface area (TPSA) is 49.0 Å². The Labute approximate surface area is 97.6 Å². The lowest BCUT2D eigenvalue weighted by atomic mass is 10.3. The van der Waals surface area contributed by atoms with Gasteiger partial charge in [0.05, 0.1) is 0 Å². The number of aromatic nitrogens is 1. The van der Waals surface area contributed by atoms with Crippen LogP contribution in [0.15, 0.2) is 22.7 Å². The van der Waals surface area contributed by atoms with Crippen molar-refractivity contribution in [2.45, 2.75) is 11.9 Å². The highest BCUT2D eigenvalue weighted by atomic mass is 32.2. The normalized spacial score (nSPS) is 14.8. The van der Waals surface area contributed by atoms with Crippen LogP contribution in [0.3, 0.4) is 0 Å². The molecule has 1 aromatic rings. The second-order valence-corrected chi connectivity index (χ2v) is 6.52. The first kappa shape index (κ1) is 13.5. The Morgan fingerprint density at radius 3 is 2.59 bits per heavy atom. The predicted molar refractivity (Wildman–Crippen MR) is 61.4 cm³/mol. The zero-order chi connectivity index (χ0) is 13.1. The van der Waals surface area contributed by atoms with Gasteiger partial charge in [0.15, 0.2) is 0 Å².